The molecule has 5 atom stereocenters. The zero-order valence-corrected chi connectivity index (χ0v) is 21.9. The van der Waals surface area contributed by atoms with Gasteiger partial charge in [0.2, 0.25) is 5.91 Å². The Bertz CT molecular complexity index is 787. The van der Waals surface area contributed by atoms with Crippen molar-refractivity contribution in [2.75, 3.05) is 6.54 Å². The van der Waals surface area contributed by atoms with Gasteiger partial charge in [0.25, 0.3) is 10.2 Å². The number of fused-ring (bicyclic) bond motifs is 1. The van der Waals surface area contributed by atoms with E-state index in [4.69, 9.17) is 5.73 Å². The van der Waals surface area contributed by atoms with E-state index in [1.54, 1.807) is 0 Å². The number of nitrogens with one attached hydrogen (secondary N) is 3. The number of hydrogen-bond donors (Lipinski definition) is 5. The Kier molecular flexibility index (Phi) is 11.3. The van der Waals surface area contributed by atoms with Crippen LogP contribution in [-0.2, 0) is 19.8 Å². The maximum absolute atomic E-state index is 13.4. The summed E-state index contributed by atoms with van der Waals surface area (Å²) in [5.41, 5.74) is 5.48. The number of nitrogens with two attached hydrogens (primary N) is 1. The molecule has 0 radical (unpaired) electrons. The summed E-state index contributed by atoms with van der Waals surface area (Å²) >= 11 is 0. The summed E-state index contributed by atoms with van der Waals surface area (Å²) in [5.74, 6) is 0.198. The summed E-state index contributed by atoms with van der Waals surface area (Å²) in [6, 6.07) is -2.08. The summed E-state index contributed by atoms with van der Waals surface area (Å²) in [6.07, 6.45) is 15.2. The van der Waals surface area contributed by atoms with Crippen molar-refractivity contribution < 1.29 is 23.1 Å². The average Bonchev–Trinajstić information content (AvgIpc) is 2.83. The fourth-order valence-electron chi connectivity index (χ4n) is 6.41. The molecule has 0 saturated heterocycles. The number of unbranched alkanes of at least 4 members (excludes halogenated alkanes) is 1. The maximum atomic E-state index is 13.4. The first kappa shape index (κ1) is 28.3. The van der Waals surface area contributed by atoms with Crippen LogP contribution in [0.25, 0.3) is 0 Å². The molecule has 0 aliphatic heterocycles. The van der Waals surface area contributed by atoms with Crippen LogP contribution < -0.4 is 20.5 Å². The normalized spacial score (nSPS) is 27.5. The Balaban J connectivity index is 1.63. The van der Waals surface area contributed by atoms with Crippen molar-refractivity contribution >= 4 is 22.1 Å². The number of rotatable bonds is 13. The van der Waals surface area contributed by atoms with Gasteiger partial charge >= 0.3 is 5.97 Å². The summed E-state index contributed by atoms with van der Waals surface area (Å²) in [4.78, 5) is 25.0. The van der Waals surface area contributed by atoms with Crippen LogP contribution in [-0.4, -0.2) is 50.1 Å². The highest BCUT2D eigenvalue weighted by Crippen LogP contribution is 2.40. The third-order valence-electron chi connectivity index (χ3n) is 8.34. The predicted octanol–water partition coefficient (Wildman–Crippen LogP) is 2.81. The highest BCUT2D eigenvalue weighted by Gasteiger charge is 2.35. The molecular formula is C25H46N4O5S. The van der Waals surface area contributed by atoms with Gasteiger partial charge in [-0.2, -0.15) is 17.9 Å². The molecule has 3 fully saturated rings. The van der Waals surface area contributed by atoms with Gasteiger partial charge < -0.3 is 16.2 Å². The zero-order valence-electron chi connectivity index (χ0n) is 21.1. The summed E-state index contributed by atoms with van der Waals surface area (Å²) in [6.45, 7) is 0.420. The molecule has 6 N–H and O–H groups in total. The van der Waals surface area contributed by atoms with E-state index in [9.17, 15) is 23.1 Å². The van der Waals surface area contributed by atoms with E-state index in [-0.39, 0.29) is 24.3 Å². The molecule has 3 unspecified atom stereocenters. The van der Waals surface area contributed by atoms with Crippen LogP contribution in [0.3, 0.4) is 0 Å². The van der Waals surface area contributed by atoms with Crippen molar-refractivity contribution in [3.63, 3.8) is 0 Å². The second-order valence-electron chi connectivity index (χ2n) is 11.0. The first-order chi connectivity index (χ1) is 16.8. The molecule has 3 saturated carbocycles. The molecule has 35 heavy (non-hydrogen) atoms. The van der Waals surface area contributed by atoms with Gasteiger partial charge in [0.15, 0.2) is 0 Å². The molecule has 202 valence electrons. The minimum Gasteiger partial charge on any atom is -0.480 e. The van der Waals surface area contributed by atoms with E-state index in [0.717, 1.165) is 50.9 Å². The second kappa shape index (κ2) is 13.9. The number of carbonyl (C=O) groups is 2. The van der Waals surface area contributed by atoms with E-state index in [1.165, 1.54) is 32.1 Å². The third-order valence-corrected chi connectivity index (χ3v) is 9.53. The summed E-state index contributed by atoms with van der Waals surface area (Å²) < 4.78 is 30.6. The lowest BCUT2D eigenvalue weighted by Gasteiger charge is -2.40. The van der Waals surface area contributed by atoms with Crippen LogP contribution in [0.15, 0.2) is 0 Å². The smallest absolute Gasteiger partial charge is 0.321 e. The highest BCUT2D eigenvalue weighted by molar-refractivity contribution is 7.87. The lowest BCUT2D eigenvalue weighted by molar-refractivity contribution is -0.139. The molecule has 0 bridgehead atoms. The van der Waals surface area contributed by atoms with E-state index < -0.39 is 28.3 Å². The molecule has 0 aromatic heterocycles. The van der Waals surface area contributed by atoms with Crippen LogP contribution in [0.4, 0.5) is 0 Å². The van der Waals surface area contributed by atoms with Gasteiger partial charge in [0, 0.05) is 6.04 Å². The van der Waals surface area contributed by atoms with Gasteiger partial charge in [-0.05, 0) is 62.8 Å². The molecule has 3 aliphatic rings. The summed E-state index contributed by atoms with van der Waals surface area (Å²) in [5, 5.41) is 12.6. The van der Waals surface area contributed by atoms with Crippen LogP contribution >= 0.6 is 0 Å². The van der Waals surface area contributed by atoms with Crippen molar-refractivity contribution in [3.8, 4) is 0 Å². The van der Waals surface area contributed by atoms with Crippen molar-refractivity contribution in [1.82, 2.24) is 14.8 Å². The van der Waals surface area contributed by atoms with E-state index >= 15 is 0 Å². The average molecular weight is 515 g/mol. The Hall–Kier alpha value is -1.23. The standard InChI is InChI=1S/C25H46N4O5S/c26-15-7-6-12-22(25(31)32)28-35(33,34)29-23(16-18-8-2-1-3-9-18)24(30)27-21-14-13-19-10-4-5-11-20(19)17-21/h18-23,28-29H,1-17,26H2,(H,27,30)(H,31,32)/t19?,20?,21?,22-,23-/m0/s1. The lowest BCUT2D eigenvalue weighted by atomic mass is 9.69. The SMILES string of the molecule is NCCCC[C@H](NS(=O)(=O)N[C@@H](CC1CCCCC1)C(=O)NC1CCC2CCCCC2C1)C(=O)O. The molecule has 0 aromatic carbocycles. The Labute approximate surface area is 210 Å². The fraction of sp³-hybridized carbons (Fsp3) is 0.920. The Morgan fingerprint density at radius 1 is 0.857 bits per heavy atom. The molecule has 0 spiro atoms. The number of carboxylic acids is 1. The number of amides is 1. The third kappa shape index (κ3) is 9.30. The van der Waals surface area contributed by atoms with E-state index in [2.05, 4.69) is 14.8 Å². The van der Waals surface area contributed by atoms with Gasteiger partial charge in [-0.3, -0.25) is 9.59 Å². The zero-order chi connectivity index (χ0) is 25.3. The monoisotopic (exact) mass is 514 g/mol. The van der Waals surface area contributed by atoms with Gasteiger partial charge in [-0.1, -0.05) is 64.2 Å². The van der Waals surface area contributed by atoms with Crippen LogP contribution in [0, 0.1) is 17.8 Å². The largest absolute Gasteiger partial charge is 0.480 e. The van der Waals surface area contributed by atoms with Gasteiger partial charge in [-0.15, -0.1) is 0 Å². The first-order valence-corrected chi connectivity index (χ1v) is 15.3. The molecule has 10 heteroatoms. The van der Waals surface area contributed by atoms with Gasteiger partial charge in [0.1, 0.15) is 12.1 Å². The van der Waals surface area contributed by atoms with Crippen LogP contribution in [0.5, 0.6) is 0 Å². The van der Waals surface area contributed by atoms with Crippen LogP contribution in [0.1, 0.15) is 103 Å². The van der Waals surface area contributed by atoms with Crippen molar-refractivity contribution in [2.45, 2.75) is 121 Å². The van der Waals surface area contributed by atoms with Crippen molar-refractivity contribution in [1.29, 1.82) is 0 Å². The molecule has 0 heterocycles. The molecule has 1 amide bonds. The highest BCUT2D eigenvalue weighted by atomic mass is 32.2. The van der Waals surface area contributed by atoms with E-state index in [0.29, 0.717) is 31.7 Å². The quantitative estimate of drug-likeness (QED) is 0.238. The number of carboxylic acid groups (broad SMARTS) is 1. The molecule has 3 rings (SSSR count). The molecular weight excluding hydrogens is 468 g/mol. The van der Waals surface area contributed by atoms with Gasteiger partial charge in [-0.25, -0.2) is 0 Å². The maximum Gasteiger partial charge on any atom is 0.321 e. The minimum atomic E-state index is -4.19. The second-order valence-corrected chi connectivity index (χ2v) is 12.5. The predicted molar refractivity (Wildman–Crippen MR) is 136 cm³/mol. The molecule has 0 aromatic rings. The minimum absolute atomic E-state index is 0.0798. The molecule has 3 aliphatic carbocycles. The Morgan fingerprint density at radius 3 is 2.20 bits per heavy atom. The Morgan fingerprint density at radius 2 is 1.51 bits per heavy atom. The number of hydrogen-bond acceptors (Lipinski definition) is 5. The fourth-order valence-corrected chi connectivity index (χ4v) is 7.64. The van der Waals surface area contributed by atoms with Gasteiger partial charge in [0.05, 0.1) is 0 Å². The summed E-state index contributed by atoms with van der Waals surface area (Å²) in [7, 11) is -4.19. The lowest BCUT2D eigenvalue weighted by Crippen LogP contribution is -2.55. The number of carbonyl (C=O) groups excluding carboxylic acids is 1. The van der Waals surface area contributed by atoms with E-state index in [1.807, 2.05) is 0 Å². The molecule has 9 nitrogen and oxygen atoms in total. The van der Waals surface area contributed by atoms with Crippen LogP contribution in [0.2, 0.25) is 0 Å². The topological polar surface area (TPSA) is 151 Å². The van der Waals surface area contributed by atoms with Crippen molar-refractivity contribution in [3.05, 3.63) is 0 Å². The first-order valence-electron chi connectivity index (χ1n) is 13.8. The van der Waals surface area contributed by atoms with Crippen molar-refractivity contribution in [2.24, 2.45) is 23.5 Å². The number of aliphatic carboxylic acids is 1.